The van der Waals surface area contributed by atoms with Crippen LogP contribution in [0.25, 0.3) is 0 Å². The van der Waals surface area contributed by atoms with Gasteiger partial charge in [-0.3, -0.25) is 4.79 Å². The number of ether oxygens (including phenoxy) is 2. The number of anilines is 1. The van der Waals surface area contributed by atoms with Crippen LogP contribution in [0.5, 0.6) is 11.5 Å². The molecular formula is C10H3BrF7NO3. The van der Waals surface area contributed by atoms with Gasteiger partial charge >= 0.3 is 24.3 Å². The molecule has 22 heavy (non-hydrogen) atoms. The summed E-state index contributed by atoms with van der Waals surface area (Å²) in [5.74, 6) is -4.19. The Bertz CT molecular complexity index is 632. The Balaban J connectivity index is 2.38. The third kappa shape index (κ3) is 2.91. The lowest BCUT2D eigenvalue weighted by atomic mass is 10.2. The first-order valence-corrected chi connectivity index (χ1v) is 5.98. The highest BCUT2D eigenvalue weighted by Gasteiger charge is 2.66. The maximum atomic E-state index is 13.0. The van der Waals surface area contributed by atoms with Crippen LogP contribution in [0.2, 0.25) is 0 Å². The average molecular weight is 398 g/mol. The number of fused-ring (bicyclic) bond motifs is 1. The summed E-state index contributed by atoms with van der Waals surface area (Å²) in [6.07, 6.45) is -15.2. The summed E-state index contributed by atoms with van der Waals surface area (Å²) in [4.78, 5) is 10.8. The highest BCUT2D eigenvalue weighted by Crippen LogP contribution is 2.49. The summed E-state index contributed by atoms with van der Waals surface area (Å²) in [6.45, 7) is 0. The normalized spacial score (nSPS) is 18.7. The number of nitrogens with one attached hydrogen (secondary N) is 1. The number of amides is 1. The van der Waals surface area contributed by atoms with Gasteiger partial charge in [0.15, 0.2) is 11.5 Å². The van der Waals surface area contributed by atoms with Crippen LogP contribution in [0.15, 0.2) is 16.6 Å². The molecule has 0 radical (unpaired) electrons. The Morgan fingerprint density at radius 2 is 1.50 bits per heavy atom. The van der Waals surface area contributed by atoms with Gasteiger partial charge in [-0.2, -0.15) is 30.7 Å². The second-order valence-corrected chi connectivity index (χ2v) is 4.82. The second kappa shape index (κ2) is 4.89. The molecule has 1 aliphatic heterocycles. The van der Waals surface area contributed by atoms with E-state index in [1.165, 1.54) is 5.32 Å². The van der Waals surface area contributed by atoms with E-state index in [0.717, 1.165) is 0 Å². The van der Waals surface area contributed by atoms with Crippen LogP contribution in [0.1, 0.15) is 0 Å². The van der Waals surface area contributed by atoms with Crippen molar-refractivity contribution in [3.05, 3.63) is 16.6 Å². The Hall–Kier alpha value is -1.72. The lowest BCUT2D eigenvalue weighted by molar-refractivity contribution is -0.391. The molecule has 4 nitrogen and oxygen atoms in total. The molecule has 0 aliphatic carbocycles. The second-order valence-electron chi connectivity index (χ2n) is 3.97. The molecule has 2 rings (SSSR count). The summed E-state index contributed by atoms with van der Waals surface area (Å²) in [6, 6.07) is 1.15. The number of rotatable bonds is 1. The van der Waals surface area contributed by atoms with Crippen molar-refractivity contribution in [2.75, 3.05) is 5.32 Å². The minimum atomic E-state index is -5.23. The number of carbonyl (C=O) groups is 1. The molecular weight excluding hydrogens is 395 g/mol. The zero-order valence-electron chi connectivity index (χ0n) is 9.90. The Morgan fingerprint density at radius 3 is 1.95 bits per heavy atom. The van der Waals surface area contributed by atoms with Gasteiger partial charge in [0.25, 0.3) is 0 Å². The largest absolute Gasteiger partial charge is 0.507 e. The maximum absolute atomic E-state index is 13.0. The van der Waals surface area contributed by atoms with Crippen LogP contribution in [-0.4, -0.2) is 24.3 Å². The van der Waals surface area contributed by atoms with E-state index in [9.17, 15) is 35.5 Å². The standard InChI is InChI=1S/C10H3BrF7NO3/c11-3-1-5-6(22-10(17,18)9(15,16)21-5)2-4(3)19-7(20)8(12,13)14/h1-2H,(H,19,20). The van der Waals surface area contributed by atoms with Gasteiger partial charge in [0.1, 0.15) is 0 Å². The summed E-state index contributed by atoms with van der Waals surface area (Å²) in [5.41, 5.74) is -0.620. The quantitative estimate of drug-likeness (QED) is 0.731. The van der Waals surface area contributed by atoms with E-state index in [-0.39, 0.29) is 4.47 Å². The molecule has 0 saturated carbocycles. The highest BCUT2D eigenvalue weighted by atomic mass is 79.9. The van der Waals surface area contributed by atoms with Gasteiger partial charge in [0.2, 0.25) is 0 Å². The lowest BCUT2D eigenvalue weighted by Gasteiger charge is -2.32. The van der Waals surface area contributed by atoms with Crippen molar-refractivity contribution in [3.8, 4) is 11.5 Å². The van der Waals surface area contributed by atoms with E-state index in [1.54, 1.807) is 0 Å². The minimum Gasteiger partial charge on any atom is -0.421 e. The lowest BCUT2D eigenvalue weighted by Crippen LogP contribution is -2.52. The number of alkyl halides is 7. The van der Waals surface area contributed by atoms with Gasteiger partial charge in [-0.1, -0.05) is 0 Å². The van der Waals surface area contributed by atoms with Gasteiger partial charge in [0.05, 0.1) is 5.69 Å². The van der Waals surface area contributed by atoms with Crippen molar-refractivity contribution < 1.29 is 45.0 Å². The van der Waals surface area contributed by atoms with Crippen molar-refractivity contribution in [2.45, 2.75) is 18.4 Å². The molecule has 0 atom stereocenters. The van der Waals surface area contributed by atoms with Crippen molar-refractivity contribution in [3.63, 3.8) is 0 Å². The van der Waals surface area contributed by atoms with Crippen LogP contribution in [0.3, 0.4) is 0 Å². The van der Waals surface area contributed by atoms with E-state index >= 15 is 0 Å². The fraction of sp³-hybridized carbons (Fsp3) is 0.300. The molecule has 12 heteroatoms. The van der Waals surface area contributed by atoms with Crippen LogP contribution in [-0.2, 0) is 4.79 Å². The number of halogens is 8. The molecule has 0 fully saturated rings. The monoisotopic (exact) mass is 397 g/mol. The zero-order chi connectivity index (χ0) is 16.9. The maximum Gasteiger partial charge on any atom is 0.507 e. The third-order valence-corrected chi connectivity index (χ3v) is 3.01. The highest BCUT2D eigenvalue weighted by molar-refractivity contribution is 9.10. The summed E-state index contributed by atoms with van der Waals surface area (Å²) in [5, 5.41) is 1.37. The molecule has 0 saturated heterocycles. The van der Waals surface area contributed by atoms with Crippen LogP contribution >= 0.6 is 15.9 Å². The van der Waals surface area contributed by atoms with Crippen molar-refractivity contribution >= 4 is 27.5 Å². The van der Waals surface area contributed by atoms with E-state index in [1.807, 2.05) is 0 Å². The Labute approximate surface area is 125 Å². The Kier molecular flexibility index (Phi) is 3.70. The topological polar surface area (TPSA) is 47.6 Å². The Morgan fingerprint density at radius 1 is 1.05 bits per heavy atom. The van der Waals surface area contributed by atoms with Crippen molar-refractivity contribution in [1.29, 1.82) is 0 Å². The first-order chi connectivity index (χ1) is 9.83. The number of hydrogen-bond donors (Lipinski definition) is 1. The fourth-order valence-electron chi connectivity index (χ4n) is 1.38. The van der Waals surface area contributed by atoms with Gasteiger partial charge in [-0.15, -0.1) is 0 Å². The van der Waals surface area contributed by atoms with Gasteiger partial charge < -0.3 is 14.8 Å². The van der Waals surface area contributed by atoms with Crippen LogP contribution in [0.4, 0.5) is 36.4 Å². The third-order valence-electron chi connectivity index (χ3n) is 2.35. The molecule has 0 aromatic heterocycles. The van der Waals surface area contributed by atoms with Gasteiger partial charge in [-0.05, 0) is 15.9 Å². The molecule has 1 aliphatic rings. The average Bonchev–Trinajstić information content (AvgIpc) is 2.31. The predicted octanol–water partition coefficient (Wildman–Crippen LogP) is 3.91. The molecule has 1 amide bonds. The minimum absolute atomic E-state index is 0.312. The summed E-state index contributed by atoms with van der Waals surface area (Å²) >= 11 is 2.69. The molecule has 1 N–H and O–H groups in total. The van der Waals surface area contributed by atoms with E-state index < -0.39 is 41.5 Å². The first kappa shape index (κ1) is 16.6. The van der Waals surface area contributed by atoms with Crippen molar-refractivity contribution in [2.24, 2.45) is 0 Å². The smallest absolute Gasteiger partial charge is 0.421 e. The first-order valence-electron chi connectivity index (χ1n) is 5.19. The molecule has 0 spiro atoms. The summed E-state index contributed by atoms with van der Waals surface area (Å²) < 4.78 is 95.4. The molecule has 1 aromatic carbocycles. The molecule has 0 unspecified atom stereocenters. The van der Waals surface area contributed by atoms with Crippen LogP contribution < -0.4 is 14.8 Å². The molecule has 1 aromatic rings. The van der Waals surface area contributed by atoms with Crippen molar-refractivity contribution in [1.82, 2.24) is 0 Å². The van der Waals surface area contributed by atoms with E-state index in [2.05, 4.69) is 25.4 Å². The van der Waals surface area contributed by atoms with Crippen LogP contribution in [0, 0.1) is 0 Å². The number of hydrogen-bond acceptors (Lipinski definition) is 3. The molecule has 1 heterocycles. The van der Waals surface area contributed by atoms with Gasteiger partial charge in [0, 0.05) is 16.6 Å². The predicted molar refractivity (Wildman–Crippen MR) is 60.0 cm³/mol. The summed E-state index contributed by atoms with van der Waals surface area (Å²) in [7, 11) is 0. The van der Waals surface area contributed by atoms with E-state index in [4.69, 9.17) is 0 Å². The van der Waals surface area contributed by atoms with E-state index in [0.29, 0.717) is 12.1 Å². The zero-order valence-corrected chi connectivity index (χ0v) is 11.5. The number of benzene rings is 1. The molecule has 0 bridgehead atoms. The number of carbonyl (C=O) groups excluding carboxylic acids is 1. The molecule has 122 valence electrons. The fourth-order valence-corrected chi connectivity index (χ4v) is 1.80. The SMILES string of the molecule is O=C(Nc1cc2c(cc1Br)OC(F)(F)C(F)(F)O2)C(F)(F)F. The van der Waals surface area contributed by atoms with Gasteiger partial charge in [-0.25, -0.2) is 0 Å².